The predicted octanol–water partition coefficient (Wildman–Crippen LogP) is 3.40. The minimum Gasteiger partial charge on any atom is -0.494 e. The molecular weight excluding hydrogens is 467 g/mol. The van der Waals surface area contributed by atoms with E-state index in [1.54, 1.807) is 12.1 Å². The van der Waals surface area contributed by atoms with E-state index in [0.29, 0.717) is 18.7 Å². The minimum atomic E-state index is -0.423. The van der Waals surface area contributed by atoms with Crippen LogP contribution in [0.3, 0.4) is 0 Å². The van der Waals surface area contributed by atoms with Gasteiger partial charge in [-0.1, -0.05) is 24.3 Å². The topological polar surface area (TPSA) is 79.9 Å². The molecule has 0 radical (unpaired) electrons. The lowest BCUT2D eigenvalue weighted by molar-refractivity contribution is 0.100. The van der Waals surface area contributed by atoms with E-state index in [1.807, 2.05) is 45.2 Å². The first-order valence-corrected chi connectivity index (χ1v) is 9.13. The van der Waals surface area contributed by atoms with Gasteiger partial charge in [-0.2, -0.15) is 0 Å². The fourth-order valence-electron chi connectivity index (χ4n) is 2.62. The second-order valence-electron chi connectivity index (χ2n) is 6.16. The van der Waals surface area contributed by atoms with Crippen LogP contribution in [-0.2, 0) is 13.1 Å². The molecule has 152 valence electrons. The maximum Gasteiger partial charge on any atom is 0.248 e. The second-order valence-corrected chi connectivity index (χ2v) is 6.16. The molecule has 2 rings (SSSR count). The number of carbonyl (C=O) groups excluding carboxylic acids is 1. The van der Waals surface area contributed by atoms with Crippen molar-refractivity contribution < 1.29 is 9.53 Å². The molecule has 0 fully saturated rings. The van der Waals surface area contributed by atoms with Crippen molar-refractivity contribution in [1.29, 1.82) is 0 Å². The largest absolute Gasteiger partial charge is 0.494 e. The van der Waals surface area contributed by atoms with E-state index in [9.17, 15) is 4.79 Å². The van der Waals surface area contributed by atoms with Crippen LogP contribution >= 0.6 is 24.0 Å². The Morgan fingerprint density at radius 1 is 1.07 bits per heavy atom. The highest BCUT2D eigenvalue weighted by atomic mass is 127. The Morgan fingerprint density at radius 2 is 1.68 bits per heavy atom. The van der Waals surface area contributed by atoms with E-state index >= 15 is 0 Å². The van der Waals surface area contributed by atoms with E-state index in [2.05, 4.69) is 22.3 Å². The zero-order valence-corrected chi connectivity index (χ0v) is 19.0. The fourth-order valence-corrected chi connectivity index (χ4v) is 2.62. The molecule has 0 aliphatic heterocycles. The number of halogens is 1. The number of hydrogen-bond donors (Lipinski definition) is 2. The van der Waals surface area contributed by atoms with Gasteiger partial charge in [-0.15, -0.1) is 24.0 Å². The zero-order valence-electron chi connectivity index (χ0n) is 16.6. The molecule has 28 heavy (non-hydrogen) atoms. The van der Waals surface area contributed by atoms with Crippen molar-refractivity contribution in [3.8, 4) is 5.75 Å². The van der Waals surface area contributed by atoms with Gasteiger partial charge in [0.15, 0.2) is 5.96 Å². The molecule has 0 atom stereocenters. The maximum absolute atomic E-state index is 11.2. The minimum absolute atomic E-state index is 0. The van der Waals surface area contributed by atoms with Gasteiger partial charge in [-0.05, 0) is 49.2 Å². The summed E-state index contributed by atoms with van der Waals surface area (Å²) in [6.45, 7) is 6.72. The molecule has 2 aromatic rings. The van der Waals surface area contributed by atoms with Gasteiger partial charge in [0.1, 0.15) is 5.75 Å². The smallest absolute Gasteiger partial charge is 0.248 e. The predicted molar refractivity (Wildman–Crippen MR) is 124 cm³/mol. The van der Waals surface area contributed by atoms with Crippen LogP contribution in [0, 0.1) is 0 Å². The summed E-state index contributed by atoms with van der Waals surface area (Å²) in [5.74, 6) is 1.28. The molecule has 1 amide bonds. The molecule has 0 heterocycles. The number of primary amides is 1. The molecule has 7 heteroatoms. The Kier molecular flexibility index (Phi) is 10.4. The third kappa shape index (κ3) is 7.38. The van der Waals surface area contributed by atoms with Crippen molar-refractivity contribution in [2.45, 2.75) is 26.9 Å². The zero-order chi connectivity index (χ0) is 19.6. The lowest BCUT2D eigenvalue weighted by atomic mass is 10.1. The average molecular weight is 496 g/mol. The summed E-state index contributed by atoms with van der Waals surface area (Å²) in [7, 11) is 2.01. The highest BCUT2D eigenvalue weighted by Crippen LogP contribution is 2.13. The third-order valence-corrected chi connectivity index (χ3v) is 4.00. The number of hydrogen-bond acceptors (Lipinski definition) is 3. The number of benzene rings is 2. The number of nitrogens with one attached hydrogen (secondary N) is 1. The van der Waals surface area contributed by atoms with Crippen LogP contribution in [0.2, 0.25) is 0 Å². The second kappa shape index (κ2) is 12.2. The van der Waals surface area contributed by atoms with Gasteiger partial charge in [0.05, 0.1) is 13.2 Å². The van der Waals surface area contributed by atoms with Crippen LogP contribution < -0.4 is 15.8 Å². The van der Waals surface area contributed by atoms with Crippen molar-refractivity contribution in [1.82, 2.24) is 10.2 Å². The summed E-state index contributed by atoms with van der Waals surface area (Å²) < 4.78 is 5.48. The fraction of sp³-hybridized carbons (Fsp3) is 0.333. The first kappa shape index (κ1) is 23.7. The quantitative estimate of drug-likeness (QED) is 0.334. The van der Waals surface area contributed by atoms with E-state index in [-0.39, 0.29) is 24.0 Å². The molecule has 3 N–H and O–H groups in total. The first-order valence-electron chi connectivity index (χ1n) is 9.13. The molecule has 0 saturated heterocycles. The number of nitrogens with two attached hydrogens (primary N) is 1. The Bertz CT molecular complexity index is 761. The maximum atomic E-state index is 11.2. The number of rotatable bonds is 8. The standard InChI is InChI=1S/C21H28N4O2.HI/c1-4-23-21(24-14-16-6-10-18(11-7-16)20(22)26)25(3)15-17-8-12-19(13-9-17)27-5-2;/h6-13H,4-5,14-15H2,1-3H3,(H2,22,26)(H,23,24);1H. The van der Waals surface area contributed by atoms with Crippen molar-refractivity contribution in [2.24, 2.45) is 10.7 Å². The van der Waals surface area contributed by atoms with Crippen LogP contribution in [0.15, 0.2) is 53.5 Å². The summed E-state index contributed by atoms with van der Waals surface area (Å²) in [6.07, 6.45) is 0. The van der Waals surface area contributed by atoms with Gasteiger partial charge >= 0.3 is 0 Å². The van der Waals surface area contributed by atoms with Crippen LogP contribution in [-0.4, -0.2) is 37.0 Å². The number of amides is 1. The molecule has 2 aromatic carbocycles. The number of carbonyl (C=O) groups is 1. The first-order chi connectivity index (χ1) is 13.0. The third-order valence-electron chi connectivity index (χ3n) is 4.00. The highest BCUT2D eigenvalue weighted by Gasteiger charge is 2.07. The van der Waals surface area contributed by atoms with Gasteiger partial charge in [-0.3, -0.25) is 4.79 Å². The number of nitrogens with zero attached hydrogens (tertiary/aromatic N) is 2. The Balaban J connectivity index is 0.00000392. The monoisotopic (exact) mass is 496 g/mol. The van der Waals surface area contributed by atoms with Crippen LogP contribution in [0.5, 0.6) is 5.75 Å². The van der Waals surface area contributed by atoms with Gasteiger partial charge < -0.3 is 20.7 Å². The normalized spacial score (nSPS) is 10.8. The lowest BCUT2D eigenvalue weighted by Crippen LogP contribution is -2.38. The Hall–Kier alpha value is -2.29. The SMILES string of the molecule is CCNC(=NCc1ccc(C(N)=O)cc1)N(C)Cc1ccc(OCC)cc1.I. The summed E-state index contributed by atoms with van der Waals surface area (Å²) in [4.78, 5) is 17.9. The summed E-state index contributed by atoms with van der Waals surface area (Å²) in [5, 5.41) is 3.31. The molecule has 0 aromatic heterocycles. The van der Waals surface area contributed by atoms with Gasteiger partial charge in [0.25, 0.3) is 0 Å². The molecular formula is C21H29IN4O2. The van der Waals surface area contributed by atoms with Gasteiger partial charge in [0, 0.05) is 25.7 Å². The van der Waals surface area contributed by atoms with E-state index < -0.39 is 5.91 Å². The van der Waals surface area contributed by atoms with Crippen molar-refractivity contribution in [2.75, 3.05) is 20.2 Å². The molecule has 0 unspecified atom stereocenters. The van der Waals surface area contributed by atoms with Crippen LogP contribution in [0.4, 0.5) is 0 Å². The van der Waals surface area contributed by atoms with Crippen molar-refractivity contribution in [3.05, 3.63) is 65.2 Å². The van der Waals surface area contributed by atoms with E-state index in [1.165, 1.54) is 5.56 Å². The number of ether oxygens (including phenoxy) is 1. The van der Waals surface area contributed by atoms with Crippen molar-refractivity contribution >= 4 is 35.8 Å². The van der Waals surface area contributed by atoms with Crippen LogP contribution in [0.1, 0.15) is 35.3 Å². The average Bonchev–Trinajstić information content (AvgIpc) is 2.67. The highest BCUT2D eigenvalue weighted by molar-refractivity contribution is 14.0. The van der Waals surface area contributed by atoms with Gasteiger partial charge in [-0.25, -0.2) is 4.99 Å². The summed E-state index contributed by atoms with van der Waals surface area (Å²) in [5.41, 5.74) is 7.97. The van der Waals surface area contributed by atoms with Crippen LogP contribution in [0.25, 0.3) is 0 Å². The Labute approximate surface area is 184 Å². The lowest BCUT2D eigenvalue weighted by Gasteiger charge is -2.22. The molecule has 0 spiro atoms. The molecule has 0 bridgehead atoms. The van der Waals surface area contributed by atoms with E-state index in [0.717, 1.165) is 30.4 Å². The molecule has 0 aliphatic rings. The summed E-state index contributed by atoms with van der Waals surface area (Å²) >= 11 is 0. The molecule has 0 saturated carbocycles. The molecule has 0 aliphatic carbocycles. The number of aliphatic imine (C=N–C) groups is 1. The van der Waals surface area contributed by atoms with E-state index in [4.69, 9.17) is 15.5 Å². The van der Waals surface area contributed by atoms with Gasteiger partial charge in [0.2, 0.25) is 5.91 Å². The number of guanidine groups is 1. The van der Waals surface area contributed by atoms with Crippen molar-refractivity contribution in [3.63, 3.8) is 0 Å². The summed E-state index contributed by atoms with van der Waals surface area (Å²) in [6, 6.07) is 15.3. The molecule has 6 nitrogen and oxygen atoms in total. The Morgan fingerprint density at radius 3 is 2.21 bits per heavy atom.